The maximum atomic E-state index is 12.5. The molecule has 1 aromatic carbocycles. The number of rotatable bonds is 6. The topological polar surface area (TPSA) is 61.9 Å². The highest BCUT2D eigenvalue weighted by atomic mass is 16.5. The van der Waals surface area contributed by atoms with E-state index in [1.807, 2.05) is 34.1 Å². The van der Waals surface area contributed by atoms with Gasteiger partial charge in [0, 0.05) is 32.6 Å². The Morgan fingerprint density at radius 3 is 2.54 bits per heavy atom. The van der Waals surface area contributed by atoms with Gasteiger partial charge in [-0.05, 0) is 49.5 Å². The number of hydrogen-bond acceptors (Lipinski definition) is 4. The molecule has 6 heteroatoms. The molecule has 26 heavy (non-hydrogen) atoms. The van der Waals surface area contributed by atoms with E-state index in [9.17, 15) is 9.59 Å². The summed E-state index contributed by atoms with van der Waals surface area (Å²) >= 11 is 0. The molecule has 0 saturated carbocycles. The van der Waals surface area contributed by atoms with Crippen LogP contribution < -0.4 is 10.1 Å². The van der Waals surface area contributed by atoms with Crippen molar-refractivity contribution < 1.29 is 14.3 Å². The second-order valence-electron chi connectivity index (χ2n) is 7.19. The van der Waals surface area contributed by atoms with Gasteiger partial charge in [0.2, 0.25) is 11.8 Å². The SMILES string of the molecule is COc1cccc(CC(=O)N2CCN(C(=O)CCC3CCNC3)CC2)c1. The fourth-order valence-electron chi connectivity index (χ4n) is 3.72. The molecule has 1 unspecified atom stereocenters. The smallest absolute Gasteiger partial charge is 0.227 e. The number of benzene rings is 1. The lowest BCUT2D eigenvalue weighted by Gasteiger charge is -2.35. The molecule has 3 rings (SSSR count). The summed E-state index contributed by atoms with van der Waals surface area (Å²) in [5.41, 5.74) is 0.957. The van der Waals surface area contributed by atoms with Crippen molar-refractivity contribution in [2.75, 3.05) is 46.4 Å². The average molecular weight is 359 g/mol. The van der Waals surface area contributed by atoms with Crippen molar-refractivity contribution in [2.45, 2.75) is 25.7 Å². The highest BCUT2D eigenvalue weighted by Gasteiger charge is 2.25. The normalized spacial score (nSPS) is 20.3. The van der Waals surface area contributed by atoms with Gasteiger partial charge in [0.1, 0.15) is 5.75 Å². The summed E-state index contributed by atoms with van der Waals surface area (Å²) in [6.07, 6.45) is 3.16. The summed E-state index contributed by atoms with van der Waals surface area (Å²) in [5.74, 6) is 1.76. The maximum absolute atomic E-state index is 12.5. The van der Waals surface area contributed by atoms with Gasteiger partial charge in [-0.2, -0.15) is 0 Å². The molecule has 0 radical (unpaired) electrons. The summed E-state index contributed by atoms with van der Waals surface area (Å²) in [6, 6.07) is 7.62. The van der Waals surface area contributed by atoms with Crippen LogP contribution in [0.1, 0.15) is 24.8 Å². The number of methoxy groups -OCH3 is 1. The lowest BCUT2D eigenvalue weighted by atomic mass is 10.0. The van der Waals surface area contributed by atoms with Crippen LogP contribution >= 0.6 is 0 Å². The van der Waals surface area contributed by atoms with Crippen molar-refractivity contribution in [3.05, 3.63) is 29.8 Å². The second kappa shape index (κ2) is 9.03. The first-order chi connectivity index (χ1) is 12.7. The van der Waals surface area contributed by atoms with Crippen molar-refractivity contribution in [2.24, 2.45) is 5.92 Å². The minimum Gasteiger partial charge on any atom is -0.497 e. The molecule has 2 fully saturated rings. The van der Waals surface area contributed by atoms with Crippen LogP contribution in [0, 0.1) is 5.92 Å². The fourth-order valence-corrected chi connectivity index (χ4v) is 3.72. The van der Waals surface area contributed by atoms with Crippen LogP contribution in [0.3, 0.4) is 0 Å². The molecule has 0 spiro atoms. The summed E-state index contributed by atoms with van der Waals surface area (Å²) in [5, 5.41) is 3.34. The van der Waals surface area contributed by atoms with Gasteiger partial charge < -0.3 is 19.9 Å². The Hall–Kier alpha value is -2.08. The van der Waals surface area contributed by atoms with E-state index in [4.69, 9.17) is 4.74 Å². The second-order valence-corrected chi connectivity index (χ2v) is 7.19. The molecular formula is C20H29N3O3. The molecule has 6 nitrogen and oxygen atoms in total. The standard InChI is InChI=1S/C20H29N3O3/c1-26-18-4-2-3-17(13-18)14-20(25)23-11-9-22(10-12-23)19(24)6-5-16-7-8-21-15-16/h2-4,13,16,21H,5-12,14-15H2,1H3. The summed E-state index contributed by atoms with van der Waals surface area (Å²) < 4.78 is 5.21. The predicted octanol–water partition coefficient (Wildman–Crippen LogP) is 1.30. The number of carbonyl (C=O) groups is 2. The van der Waals surface area contributed by atoms with Gasteiger partial charge in [0.05, 0.1) is 13.5 Å². The van der Waals surface area contributed by atoms with E-state index < -0.39 is 0 Å². The summed E-state index contributed by atoms with van der Waals surface area (Å²) in [4.78, 5) is 28.7. The molecule has 2 aliphatic rings. The Morgan fingerprint density at radius 1 is 1.15 bits per heavy atom. The third-order valence-corrected chi connectivity index (χ3v) is 5.40. The molecule has 2 aliphatic heterocycles. The van der Waals surface area contributed by atoms with E-state index in [1.54, 1.807) is 7.11 Å². The molecule has 1 aromatic rings. The minimum atomic E-state index is 0.113. The Balaban J connectivity index is 1.42. The van der Waals surface area contributed by atoms with Crippen molar-refractivity contribution in [3.8, 4) is 5.75 Å². The maximum Gasteiger partial charge on any atom is 0.227 e. The van der Waals surface area contributed by atoms with Crippen molar-refractivity contribution >= 4 is 11.8 Å². The number of nitrogens with zero attached hydrogens (tertiary/aromatic N) is 2. The van der Waals surface area contributed by atoms with Gasteiger partial charge in [-0.25, -0.2) is 0 Å². The van der Waals surface area contributed by atoms with Crippen LogP contribution in [-0.2, 0) is 16.0 Å². The number of hydrogen-bond donors (Lipinski definition) is 1. The number of ether oxygens (including phenoxy) is 1. The van der Waals surface area contributed by atoms with Crippen molar-refractivity contribution in [1.29, 1.82) is 0 Å². The van der Waals surface area contributed by atoms with Crippen LogP contribution in [0.2, 0.25) is 0 Å². The Labute approximate surface area is 155 Å². The Kier molecular flexibility index (Phi) is 6.50. The average Bonchev–Trinajstić information content (AvgIpc) is 3.20. The van der Waals surface area contributed by atoms with E-state index in [-0.39, 0.29) is 11.8 Å². The monoisotopic (exact) mass is 359 g/mol. The van der Waals surface area contributed by atoms with Gasteiger partial charge in [-0.1, -0.05) is 12.1 Å². The largest absolute Gasteiger partial charge is 0.497 e. The van der Waals surface area contributed by atoms with Gasteiger partial charge in [-0.3, -0.25) is 9.59 Å². The van der Waals surface area contributed by atoms with Crippen LogP contribution in [0.15, 0.2) is 24.3 Å². The van der Waals surface area contributed by atoms with Crippen LogP contribution in [0.25, 0.3) is 0 Å². The first-order valence-corrected chi connectivity index (χ1v) is 9.55. The van der Waals surface area contributed by atoms with Crippen LogP contribution in [-0.4, -0.2) is 68.0 Å². The Morgan fingerprint density at radius 2 is 1.88 bits per heavy atom. The van der Waals surface area contributed by atoms with E-state index in [0.717, 1.165) is 30.8 Å². The van der Waals surface area contributed by atoms with E-state index in [0.29, 0.717) is 44.9 Å². The van der Waals surface area contributed by atoms with Gasteiger partial charge in [0.15, 0.2) is 0 Å². The number of piperazine rings is 1. The van der Waals surface area contributed by atoms with E-state index in [1.165, 1.54) is 6.42 Å². The molecule has 0 bridgehead atoms. The lowest BCUT2D eigenvalue weighted by molar-refractivity contribution is -0.139. The molecule has 2 amide bonds. The first kappa shape index (κ1) is 18.7. The Bertz CT molecular complexity index is 620. The third kappa shape index (κ3) is 4.97. The molecule has 1 atom stereocenters. The highest BCUT2D eigenvalue weighted by molar-refractivity contribution is 5.80. The molecular weight excluding hydrogens is 330 g/mol. The zero-order valence-electron chi connectivity index (χ0n) is 15.6. The number of carbonyl (C=O) groups excluding carboxylic acids is 2. The minimum absolute atomic E-state index is 0.113. The van der Waals surface area contributed by atoms with Crippen molar-refractivity contribution in [1.82, 2.24) is 15.1 Å². The van der Waals surface area contributed by atoms with Crippen LogP contribution in [0.5, 0.6) is 5.75 Å². The molecule has 142 valence electrons. The molecule has 1 N–H and O–H groups in total. The summed E-state index contributed by atoms with van der Waals surface area (Å²) in [7, 11) is 1.63. The fraction of sp³-hybridized carbons (Fsp3) is 0.600. The van der Waals surface area contributed by atoms with Gasteiger partial charge in [0.25, 0.3) is 0 Å². The molecule has 0 aliphatic carbocycles. The van der Waals surface area contributed by atoms with Crippen molar-refractivity contribution in [3.63, 3.8) is 0 Å². The quantitative estimate of drug-likeness (QED) is 0.832. The third-order valence-electron chi connectivity index (χ3n) is 5.40. The van der Waals surface area contributed by atoms with E-state index in [2.05, 4.69) is 5.32 Å². The molecule has 2 heterocycles. The zero-order chi connectivity index (χ0) is 18.4. The molecule has 0 aromatic heterocycles. The van der Waals surface area contributed by atoms with Gasteiger partial charge in [-0.15, -0.1) is 0 Å². The summed E-state index contributed by atoms with van der Waals surface area (Å²) in [6.45, 7) is 4.66. The van der Waals surface area contributed by atoms with Crippen LogP contribution in [0.4, 0.5) is 0 Å². The zero-order valence-corrected chi connectivity index (χ0v) is 15.6. The van der Waals surface area contributed by atoms with Gasteiger partial charge >= 0.3 is 0 Å². The molecule has 2 saturated heterocycles. The first-order valence-electron chi connectivity index (χ1n) is 9.55. The lowest BCUT2D eigenvalue weighted by Crippen LogP contribution is -2.51. The van der Waals surface area contributed by atoms with E-state index >= 15 is 0 Å². The predicted molar refractivity (Wildman–Crippen MR) is 100 cm³/mol. The number of amides is 2. The number of nitrogens with one attached hydrogen (secondary N) is 1. The highest BCUT2D eigenvalue weighted by Crippen LogP contribution is 2.17.